The Bertz CT molecular complexity index is 2400. The number of nitrogens with one attached hydrogen (secondary N) is 10. The van der Waals surface area contributed by atoms with Crippen LogP contribution in [-0.2, 0) is 72.0 Å². The number of nitrogens with two attached hydrogens (primary N) is 3. The number of carbonyl (C=O) groups excluding carboxylic acids is 10. The number of carboxylic acids is 1. The van der Waals surface area contributed by atoms with Gasteiger partial charge in [-0.2, -0.15) is 11.8 Å². The van der Waals surface area contributed by atoms with E-state index in [0.717, 1.165) is 0 Å². The van der Waals surface area contributed by atoms with Crippen LogP contribution in [0.15, 0.2) is 55.4 Å². The maximum absolute atomic E-state index is 14.1. The van der Waals surface area contributed by atoms with Crippen molar-refractivity contribution >= 4 is 76.8 Å². The third-order valence-electron chi connectivity index (χ3n) is 11.5. The Hall–Kier alpha value is -7.92. The number of benzene rings is 1. The first-order valence-electron chi connectivity index (χ1n) is 23.7. The second kappa shape index (κ2) is 31.6. The van der Waals surface area contributed by atoms with Crippen LogP contribution in [0.1, 0.15) is 62.9 Å². The third kappa shape index (κ3) is 21.6. The number of carbonyl (C=O) groups is 11. The Morgan fingerprint density at radius 3 is 1.57 bits per heavy atom. The predicted molar refractivity (Wildman–Crippen MR) is 269 cm³/mol. The number of thioether (sulfide) groups is 1. The van der Waals surface area contributed by atoms with Crippen LogP contribution < -0.4 is 59.7 Å². The van der Waals surface area contributed by atoms with Crippen molar-refractivity contribution < 1.29 is 63.0 Å². The van der Waals surface area contributed by atoms with Gasteiger partial charge in [-0.3, -0.25) is 47.9 Å². The van der Waals surface area contributed by atoms with Gasteiger partial charge in [-0.25, -0.2) is 14.8 Å². The van der Waals surface area contributed by atoms with Crippen LogP contribution in [-0.4, -0.2) is 169 Å². The lowest BCUT2D eigenvalue weighted by Gasteiger charge is -2.27. The molecule has 28 nitrogen and oxygen atoms in total. The van der Waals surface area contributed by atoms with Gasteiger partial charge in [-0.05, 0) is 36.3 Å². The molecule has 0 unspecified atom stereocenters. The Kier molecular flexibility index (Phi) is 25.9. The highest BCUT2D eigenvalue weighted by Gasteiger charge is 2.35. The average Bonchev–Trinajstić information content (AvgIpc) is 4.11. The molecule has 10 amide bonds. The number of hydrogen-bond acceptors (Lipinski definition) is 16. The Morgan fingerprint density at radius 2 is 1.11 bits per heavy atom. The smallest absolute Gasteiger partial charge is 0.326 e. The molecule has 0 radical (unpaired) electrons. The van der Waals surface area contributed by atoms with Crippen molar-refractivity contribution in [3.63, 3.8) is 0 Å². The van der Waals surface area contributed by atoms with E-state index < -0.39 is 139 Å². The lowest BCUT2D eigenvalue weighted by Crippen LogP contribution is -2.61. The Morgan fingerprint density at radius 1 is 0.627 bits per heavy atom. The van der Waals surface area contributed by atoms with Crippen molar-refractivity contribution in [2.45, 2.75) is 114 Å². The zero-order valence-corrected chi connectivity index (χ0v) is 42.4. The molecule has 0 aliphatic rings. The molecule has 0 saturated carbocycles. The number of hydrogen-bond donors (Lipinski definition) is 15. The minimum Gasteiger partial charge on any atom is -0.480 e. The van der Waals surface area contributed by atoms with E-state index in [0.29, 0.717) is 29.1 Å². The molecule has 9 atom stereocenters. The minimum atomic E-state index is -1.80. The summed E-state index contributed by atoms with van der Waals surface area (Å²) in [5.41, 5.74) is 17.7. The molecule has 410 valence electrons. The van der Waals surface area contributed by atoms with Gasteiger partial charge in [0.15, 0.2) is 0 Å². The normalized spacial score (nSPS) is 14.6. The summed E-state index contributed by atoms with van der Waals surface area (Å²) in [5, 5.41) is 39.5. The molecule has 2 aromatic heterocycles. The number of amides is 10. The van der Waals surface area contributed by atoms with Crippen LogP contribution in [0.5, 0.6) is 0 Å². The van der Waals surface area contributed by atoms with Crippen molar-refractivity contribution in [3.8, 4) is 0 Å². The molecule has 3 rings (SSSR count). The van der Waals surface area contributed by atoms with Gasteiger partial charge in [-0.15, -0.1) is 0 Å². The highest BCUT2D eigenvalue weighted by molar-refractivity contribution is 7.98. The van der Waals surface area contributed by atoms with E-state index in [-0.39, 0.29) is 38.0 Å². The van der Waals surface area contributed by atoms with E-state index in [1.165, 1.54) is 36.8 Å². The summed E-state index contributed by atoms with van der Waals surface area (Å²) in [5.74, 6) is -10.5. The number of H-pyrrole nitrogens is 2. The summed E-state index contributed by atoms with van der Waals surface area (Å²) >= 11 is 1.42. The van der Waals surface area contributed by atoms with Crippen LogP contribution in [0, 0.1) is 5.92 Å². The number of aliphatic hydroxyl groups is 1. The van der Waals surface area contributed by atoms with Gasteiger partial charge in [0.1, 0.15) is 42.3 Å². The van der Waals surface area contributed by atoms with Gasteiger partial charge in [0, 0.05) is 49.5 Å². The van der Waals surface area contributed by atoms with Crippen molar-refractivity contribution in [2.75, 3.05) is 25.2 Å². The van der Waals surface area contributed by atoms with Gasteiger partial charge in [0.25, 0.3) is 0 Å². The van der Waals surface area contributed by atoms with Gasteiger partial charge >= 0.3 is 5.97 Å². The lowest BCUT2D eigenvalue weighted by molar-refractivity contribution is -0.143. The standard InChI is InChI=1S/C46H67N15O13S/c1-4-24(2)38(49)45(72)56-29(12-13-75-3)39(66)52-20-37(65)55-28(10-11-35(47)63)40(67)57-30(14-25-8-6-5-7-9-25)41(68)61-34(21-62)44(71)59-31(15-26-18-50-22-53-26)42(69)58-32(16-27-19-51-23-54-27)43(70)60-33(46(73)74)17-36(48)64/h5-9,18-19,22-24,28-34,38,62H,4,10-17,20-21,49H2,1-3H3,(H2,47,63)(H2,48,64)(H,50,53)(H,51,54)(H,52,66)(H,55,65)(H,56,72)(H,57,67)(H,58,69)(H,59,71)(H,60,70)(H,61,68)(H,73,74)/t24-,28-,29-,30-,31-,32-,33-,34-,38-/m0/s1. The number of aliphatic carboxylic acids is 1. The molecule has 2 heterocycles. The van der Waals surface area contributed by atoms with E-state index in [1.54, 1.807) is 43.5 Å². The molecule has 29 heteroatoms. The molecular formula is C46H67N15O13S. The quantitative estimate of drug-likeness (QED) is 0.0266. The van der Waals surface area contributed by atoms with E-state index in [2.05, 4.69) is 62.5 Å². The molecular weight excluding hydrogens is 1000 g/mol. The first kappa shape index (κ1) is 61.4. The first-order valence-corrected chi connectivity index (χ1v) is 25.1. The lowest BCUT2D eigenvalue weighted by atomic mass is 9.99. The van der Waals surface area contributed by atoms with Gasteiger partial charge in [-0.1, -0.05) is 50.6 Å². The summed E-state index contributed by atoms with van der Waals surface area (Å²) in [7, 11) is 0. The van der Waals surface area contributed by atoms with E-state index in [4.69, 9.17) is 17.2 Å². The SMILES string of the molecule is CC[C@H](C)[C@H](N)C(=O)N[C@@H](CCSC)C(=O)NCC(=O)N[C@@H](CCC(N)=O)C(=O)N[C@@H](Cc1ccccc1)C(=O)N[C@@H](CO)C(=O)N[C@@H](Cc1cnc[nH]1)C(=O)N[C@@H](Cc1cnc[nH]1)C(=O)N[C@@H](CC(N)=O)C(=O)O. The number of nitrogens with zero attached hydrogens (tertiary/aromatic N) is 2. The summed E-state index contributed by atoms with van der Waals surface area (Å²) < 4.78 is 0. The first-order chi connectivity index (χ1) is 35.6. The fourth-order valence-electron chi connectivity index (χ4n) is 7.04. The van der Waals surface area contributed by atoms with Crippen molar-refractivity contribution in [1.29, 1.82) is 0 Å². The predicted octanol–water partition coefficient (Wildman–Crippen LogP) is -4.99. The van der Waals surface area contributed by atoms with Gasteiger partial charge in [0.05, 0.1) is 38.3 Å². The molecule has 0 bridgehead atoms. The summed E-state index contributed by atoms with van der Waals surface area (Å²) in [6.07, 6.45) is 5.49. The highest BCUT2D eigenvalue weighted by atomic mass is 32.2. The highest BCUT2D eigenvalue weighted by Crippen LogP contribution is 2.10. The largest absolute Gasteiger partial charge is 0.480 e. The van der Waals surface area contributed by atoms with Crippen LogP contribution >= 0.6 is 11.8 Å². The van der Waals surface area contributed by atoms with E-state index in [1.807, 2.05) is 6.92 Å². The molecule has 1 aromatic carbocycles. The number of aliphatic hydroxyl groups excluding tert-OH is 1. The summed E-state index contributed by atoms with van der Waals surface area (Å²) in [6.45, 7) is 1.92. The summed E-state index contributed by atoms with van der Waals surface area (Å²) in [6, 6.07) is -3.44. The third-order valence-corrected chi connectivity index (χ3v) is 12.2. The fraction of sp³-hybridized carbons (Fsp3) is 0.500. The number of rotatable bonds is 34. The van der Waals surface area contributed by atoms with Gasteiger partial charge < -0.3 is 79.9 Å². The van der Waals surface area contributed by atoms with Crippen molar-refractivity contribution in [2.24, 2.45) is 23.1 Å². The van der Waals surface area contributed by atoms with Crippen LogP contribution in [0.25, 0.3) is 0 Å². The van der Waals surface area contributed by atoms with Crippen molar-refractivity contribution in [1.82, 2.24) is 62.5 Å². The molecule has 0 aliphatic heterocycles. The molecule has 75 heavy (non-hydrogen) atoms. The maximum Gasteiger partial charge on any atom is 0.326 e. The number of carboxylic acid groups (broad SMARTS) is 1. The summed E-state index contributed by atoms with van der Waals surface area (Å²) in [4.78, 5) is 158. The Labute approximate surface area is 435 Å². The molecule has 18 N–H and O–H groups in total. The second-order valence-corrected chi connectivity index (χ2v) is 18.3. The Balaban J connectivity index is 1.84. The van der Waals surface area contributed by atoms with Crippen LogP contribution in [0.2, 0.25) is 0 Å². The second-order valence-electron chi connectivity index (χ2n) is 17.3. The molecule has 0 aliphatic carbocycles. The molecule has 0 spiro atoms. The van der Waals surface area contributed by atoms with Crippen LogP contribution in [0.4, 0.5) is 0 Å². The van der Waals surface area contributed by atoms with E-state index in [9.17, 15) is 63.0 Å². The number of imidazole rings is 2. The zero-order valence-electron chi connectivity index (χ0n) is 41.6. The monoisotopic (exact) mass is 1070 g/mol. The average molecular weight is 1070 g/mol. The molecule has 3 aromatic rings. The molecule has 0 fully saturated rings. The zero-order chi connectivity index (χ0) is 55.6. The number of aromatic nitrogens is 4. The molecule has 0 saturated heterocycles. The van der Waals surface area contributed by atoms with Crippen LogP contribution in [0.3, 0.4) is 0 Å². The van der Waals surface area contributed by atoms with E-state index >= 15 is 0 Å². The minimum absolute atomic E-state index is 0.181. The number of primary amides is 2. The fourth-order valence-corrected chi connectivity index (χ4v) is 7.51. The maximum atomic E-state index is 14.1. The van der Waals surface area contributed by atoms with Gasteiger partial charge in [0.2, 0.25) is 59.1 Å². The topological polar surface area (TPSA) is 460 Å². The van der Waals surface area contributed by atoms with Crippen molar-refractivity contribution in [3.05, 3.63) is 72.3 Å². The number of aromatic amines is 2.